The fraction of sp³-hybridized carbons (Fsp3) is 0.182. The molecule has 0 radical (unpaired) electrons. The molecule has 2 rings (SSSR count). The van der Waals surface area contributed by atoms with Gasteiger partial charge in [0.05, 0.1) is 23.3 Å². The van der Waals surface area contributed by atoms with Crippen molar-refractivity contribution >= 4 is 22.7 Å². The lowest BCUT2D eigenvalue weighted by atomic mass is 10.1. The highest BCUT2D eigenvalue weighted by Gasteiger charge is 2.33. The van der Waals surface area contributed by atoms with E-state index in [4.69, 9.17) is 5.73 Å². The number of nitrogens with one attached hydrogen (secondary N) is 1. The summed E-state index contributed by atoms with van der Waals surface area (Å²) in [6.07, 6.45) is -4.43. The summed E-state index contributed by atoms with van der Waals surface area (Å²) in [7, 11) is 0. The molecule has 0 amide bonds. The van der Waals surface area contributed by atoms with E-state index in [2.05, 4.69) is 10.3 Å². The fourth-order valence-electron chi connectivity index (χ4n) is 1.46. The van der Waals surface area contributed by atoms with Gasteiger partial charge < -0.3 is 11.1 Å². The minimum absolute atomic E-state index is 0.00435. The molecule has 1 aromatic heterocycles. The molecule has 0 aliphatic heterocycles. The maximum atomic E-state index is 12.8. The van der Waals surface area contributed by atoms with Gasteiger partial charge in [-0.1, -0.05) is 0 Å². The monoisotopic (exact) mass is 273 g/mol. The lowest BCUT2D eigenvalue weighted by molar-refractivity contribution is -0.136. The van der Waals surface area contributed by atoms with Crippen molar-refractivity contribution in [1.82, 2.24) is 4.98 Å². The molecular weight excluding hydrogens is 263 g/mol. The molecule has 96 valence electrons. The second kappa shape index (κ2) is 4.85. The second-order valence-electron chi connectivity index (χ2n) is 3.64. The van der Waals surface area contributed by atoms with Crippen molar-refractivity contribution in [3.8, 4) is 0 Å². The number of nitrogens with two attached hydrogens (primary N) is 1. The fourth-order valence-corrected chi connectivity index (χ4v) is 2.02. The van der Waals surface area contributed by atoms with Crippen LogP contribution in [0.2, 0.25) is 0 Å². The number of hydrogen-bond donors (Lipinski definition) is 2. The standard InChI is InChI=1S/C11H10F3N3S/c12-11(13,14)9-3-7(15)1-2-10(9)16-4-8-5-18-6-17-8/h1-3,5-6,16H,4,15H2. The van der Waals surface area contributed by atoms with Crippen LogP contribution >= 0.6 is 11.3 Å². The van der Waals surface area contributed by atoms with Crippen LogP contribution in [0.15, 0.2) is 29.1 Å². The van der Waals surface area contributed by atoms with Gasteiger partial charge in [-0.05, 0) is 18.2 Å². The third kappa shape index (κ3) is 2.92. The van der Waals surface area contributed by atoms with Gasteiger partial charge in [0, 0.05) is 16.8 Å². The van der Waals surface area contributed by atoms with E-state index < -0.39 is 11.7 Å². The van der Waals surface area contributed by atoms with E-state index in [0.29, 0.717) is 5.69 Å². The molecule has 3 nitrogen and oxygen atoms in total. The predicted octanol–water partition coefficient (Wildman–Crippen LogP) is 3.36. The van der Waals surface area contributed by atoms with Crippen molar-refractivity contribution in [2.45, 2.75) is 12.7 Å². The topological polar surface area (TPSA) is 50.9 Å². The molecule has 0 unspecified atom stereocenters. The van der Waals surface area contributed by atoms with E-state index in [-0.39, 0.29) is 17.9 Å². The number of rotatable bonds is 3. The minimum Gasteiger partial charge on any atom is -0.399 e. The van der Waals surface area contributed by atoms with E-state index in [1.807, 2.05) is 0 Å². The number of nitrogen functional groups attached to an aromatic ring is 1. The van der Waals surface area contributed by atoms with Gasteiger partial charge in [0.2, 0.25) is 0 Å². The zero-order chi connectivity index (χ0) is 13.2. The maximum absolute atomic E-state index is 12.8. The van der Waals surface area contributed by atoms with Crippen molar-refractivity contribution in [3.63, 3.8) is 0 Å². The van der Waals surface area contributed by atoms with Gasteiger partial charge >= 0.3 is 6.18 Å². The third-order valence-corrected chi connectivity index (χ3v) is 2.93. The van der Waals surface area contributed by atoms with E-state index in [1.165, 1.54) is 23.5 Å². The molecule has 18 heavy (non-hydrogen) atoms. The number of anilines is 2. The smallest absolute Gasteiger partial charge is 0.399 e. The molecule has 0 saturated heterocycles. The first-order chi connectivity index (χ1) is 8.47. The molecule has 0 atom stereocenters. The summed E-state index contributed by atoms with van der Waals surface area (Å²) in [6.45, 7) is 0.247. The van der Waals surface area contributed by atoms with E-state index in [9.17, 15) is 13.2 Å². The Morgan fingerprint density at radius 3 is 2.72 bits per heavy atom. The summed E-state index contributed by atoms with van der Waals surface area (Å²) in [5.74, 6) is 0. The summed E-state index contributed by atoms with van der Waals surface area (Å²) < 4.78 is 38.4. The normalized spacial score (nSPS) is 11.5. The average Bonchev–Trinajstić information content (AvgIpc) is 2.79. The maximum Gasteiger partial charge on any atom is 0.418 e. The summed E-state index contributed by atoms with van der Waals surface area (Å²) >= 11 is 1.39. The molecule has 0 aliphatic carbocycles. The van der Waals surface area contributed by atoms with E-state index in [1.54, 1.807) is 10.9 Å². The molecule has 1 heterocycles. The first kappa shape index (κ1) is 12.7. The quantitative estimate of drug-likeness (QED) is 0.843. The van der Waals surface area contributed by atoms with Crippen LogP contribution in [0, 0.1) is 0 Å². The van der Waals surface area contributed by atoms with Gasteiger partial charge in [0.15, 0.2) is 0 Å². The van der Waals surface area contributed by atoms with Crippen LogP contribution in [0.1, 0.15) is 11.3 Å². The zero-order valence-electron chi connectivity index (χ0n) is 9.16. The number of thiazole rings is 1. The van der Waals surface area contributed by atoms with Crippen LogP contribution < -0.4 is 11.1 Å². The van der Waals surface area contributed by atoms with Gasteiger partial charge in [0.1, 0.15) is 0 Å². The molecular formula is C11H10F3N3S. The van der Waals surface area contributed by atoms with Gasteiger partial charge in [-0.25, -0.2) is 4.98 Å². The molecule has 0 spiro atoms. The number of alkyl halides is 3. The Bertz CT molecular complexity index is 523. The lowest BCUT2D eigenvalue weighted by Gasteiger charge is -2.14. The average molecular weight is 273 g/mol. The molecule has 3 N–H and O–H groups in total. The Labute approximate surface area is 105 Å². The third-order valence-electron chi connectivity index (χ3n) is 2.29. The van der Waals surface area contributed by atoms with Crippen molar-refractivity contribution in [2.24, 2.45) is 0 Å². The summed E-state index contributed by atoms with van der Waals surface area (Å²) in [5, 5.41) is 4.49. The van der Waals surface area contributed by atoms with Crippen molar-refractivity contribution in [3.05, 3.63) is 40.3 Å². The Morgan fingerprint density at radius 1 is 1.33 bits per heavy atom. The second-order valence-corrected chi connectivity index (χ2v) is 4.35. The Balaban J connectivity index is 2.22. The van der Waals surface area contributed by atoms with Crippen LogP contribution in [0.25, 0.3) is 0 Å². The largest absolute Gasteiger partial charge is 0.418 e. The highest BCUT2D eigenvalue weighted by Crippen LogP contribution is 2.36. The van der Waals surface area contributed by atoms with E-state index in [0.717, 1.165) is 6.07 Å². The van der Waals surface area contributed by atoms with Gasteiger partial charge in [0.25, 0.3) is 0 Å². The Hall–Kier alpha value is -1.76. The van der Waals surface area contributed by atoms with Crippen LogP contribution in [0.4, 0.5) is 24.5 Å². The zero-order valence-corrected chi connectivity index (χ0v) is 9.98. The van der Waals surface area contributed by atoms with Crippen molar-refractivity contribution < 1.29 is 13.2 Å². The highest BCUT2D eigenvalue weighted by molar-refractivity contribution is 7.07. The number of nitrogens with zero attached hydrogens (tertiary/aromatic N) is 1. The van der Waals surface area contributed by atoms with E-state index >= 15 is 0 Å². The van der Waals surface area contributed by atoms with Crippen LogP contribution in [-0.4, -0.2) is 4.98 Å². The van der Waals surface area contributed by atoms with Crippen LogP contribution in [0.3, 0.4) is 0 Å². The first-order valence-electron chi connectivity index (χ1n) is 5.04. The summed E-state index contributed by atoms with van der Waals surface area (Å²) in [6, 6.07) is 3.67. The summed E-state index contributed by atoms with van der Waals surface area (Å²) in [4.78, 5) is 3.99. The van der Waals surface area contributed by atoms with Gasteiger partial charge in [-0.15, -0.1) is 11.3 Å². The molecule has 0 saturated carbocycles. The highest BCUT2D eigenvalue weighted by atomic mass is 32.1. The van der Waals surface area contributed by atoms with Crippen LogP contribution in [-0.2, 0) is 12.7 Å². The molecule has 2 aromatic rings. The van der Waals surface area contributed by atoms with Crippen molar-refractivity contribution in [2.75, 3.05) is 11.1 Å². The molecule has 0 fully saturated rings. The molecule has 0 aliphatic rings. The SMILES string of the molecule is Nc1ccc(NCc2cscn2)c(C(F)(F)F)c1. The molecule has 0 bridgehead atoms. The Kier molecular flexibility index (Phi) is 3.42. The molecule has 7 heteroatoms. The Morgan fingerprint density at radius 2 is 2.11 bits per heavy atom. The first-order valence-corrected chi connectivity index (χ1v) is 5.99. The van der Waals surface area contributed by atoms with Crippen LogP contribution in [0.5, 0.6) is 0 Å². The number of benzene rings is 1. The minimum atomic E-state index is -4.43. The lowest BCUT2D eigenvalue weighted by Crippen LogP contribution is -2.11. The number of hydrogen-bond acceptors (Lipinski definition) is 4. The van der Waals surface area contributed by atoms with Crippen molar-refractivity contribution in [1.29, 1.82) is 0 Å². The predicted molar refractivity (Wildman–Crippen MR) is 65.3 cm³/mol. The number of aromatic nitrogens is 1. The van der Waals surface area contributed by atoms with Gasteiger partial charge in [-0.2, -0.15) is 13.2 Å². The molecule has 1 aromatic carbocycles. The number of halogens is 3. The van der Waals surface area contributed by atoms with Gasteiger partial charge in [-0.3, -0.25) is 0 Å². The summed E-state index contributed by atoms with van der Waals surface area (Å²) in [5.41, 5.74) is 7.03.